The van der Waals surface area contributed by atoms with E-state index in [1.807, 2.05) is 16.8 Å². The first kappa shape index (κ1) is 14.9. The van der Waals surface area contributed by atoms with Crippen LogP contribution in [-0.4, -0.2) is 41.8 Å². The van der Waals surface area contributed by atoms with Crippen molar-refractivity contribution < 1.29 is 4.74 Å². The summed E-state index contributed by atoms with van der Waals surface area (Å²) in [6.07, 6.45) is 6.27. The monoisotopic (exact) mass is 311 g/mol. The van der Waals surface area contributed by atoms with Crippen molar-refractivity contribution >= 4 is 17.5 Å². The summed E-state index contributed by atoms with van der Waals surface area (Å²) < 4.78 is 7.25. The molecule has 0 amide bonds. The van der Waals surface area contributed by atoms with E-state index in [4.69, 9.17) is 16.5 Å². The Morgan fingerprint density at radius 1 is 1.14 bits per heavy atom. The van der Waals surface area contributed by atoms with Gasteiger partial charge in [0.2, 0.25) is 0 Å². The van der Waals surface area contributed by atoms with Crippen LogP contribution in [0.25, 0.3) is 0 Å². The van der Waals surface area contributed by atoms with Crippen molar-refractivity contribution in [1.29, 1.82) is 0 Å². The van der Waals surface area contributed by atoms with E-state index in [1.165, 1.54) is 0 Å². The smallest absolute Gasteiger partial charge is 0.275 e. The molecule has 0 bridgehead atoms. The van der Waals surface area contributed by atoms with E-state index < -0.39 is 0 Å². The molecule has 0 radical (unpaired) electrons. The highest BCUT2D eigenvalue weighted by molar-refractivity contribution is 6.23. The van der Waals surface area contributed by atoms with Crippen LogP contribution in [0.2, 0.25) is 0 Å². The van der Waals surface area contributed by atoms with Gasteiger partial charge in [0.25, 0.3) is 5.56 Å². The fourth-order valence-corrected chi connectivity index (χ4v) is 3.66. The quantitative estimate of drug-likeness (QED) is 0.870. The number of hydrogen-bond acceptors (Lipinski definition) is 4. The van der Waals surface area contributed by atoms with E-state index in [1.54, 1.807) is 6.07 Å². The van der Waals surface area contributed by atoms with Crippen molar-refractivity contribution in [3.05, 3.63) is 28.7 Å². The lowest BCUT2D eigenvalue weighted by atomic mass is 9.89. The largest absolute Gasteiger partial charge is 0.379 e. The maximum Gasteiger partial charge on any atom is 0.275 e. The minimum atomic E-state index is -0.0256. The predicted octanol–water partition coefficient (Wildman–Crippen LogP) is 2.23. The summed E-state index contributed by atoms with van der Waals surface area (Å²) in [5.41, 5.74) is 0.428. The molecule has 0 aromatic carbocycles. The Balaban J connectivity index is 1.64. The van der Waals surface area contributed by atoms with Gasteiger partial charge in [-0.3, -0.25) is 14.5 Å². The summed E-state index contributed by atoms with van der Waals surface area (Å²) in [7, 11) is 0. The van der Waals surface area contributed by atoms with Crippen molar-refractivity contribution in [3.8, 4) is 0 Å². The molecule has 0 spiro atoms. The molecule has 0 unspecified atom stereocenters. The molecule has 6 heteroatoms. The van der Waals surface area contributed by atoms with E-state index in [9.17, 15) is 4.79 Å². The second-order valence-electron chi connectivity index (χ2n) is 5.84. The number of anilines is 1. The zero-order valence-corrected chi connectivity index (χ0v) is 12.9. The number of halogens is 1. The standard InChI is InChI=1S/C15H22ClN3O2/c16-17-14-2-1-7-19(15(14)20)13-5-3-12(4-6-13)18-8-10-21-11-9-18/h1-2,7,12-13,17H,3-6,8-11H2. The summed E-state index contributed by atoms with van der Waals surface area (Å²) in [6, 6.07) is 4.53. The number of nitrogens with one attached hydrogen (secondary N) is 1. The molecular formula is C15H22ClN3O2. The third-order valence-corrected chi connectivity index (χ3v) is 4.90. The van der Waals surface area contributed by atoms with Gasteiger partial charge in [0.1, 0.15) is 5.69 Å². The average Bonchev–Trinajstić information content (AvgIpc) is 2.56. The molecule has 1 N–H and O–H groups in total. The van der Waals surface area contributed by atoms with Gasteiger partial charge in [0.15, 0.2) is 0 Å². The molecule has 2 heterocycles. The van der Waals surface area contributed by atoms with Crippen LogP contribution in [0.3, 0.4) is 0 Å². The molecule has 0 atom stereocenters. The van der Waals surface area contributed by atoms with Crippen LogP contribution >= 0.6 is 11.8 Å². The van der Waals surface area contributed by atoms with E-state index >= 15 is 0 Å². The molecule has 2 aliphatic rings. The van der Waals surface area contributed by atoms with Gasteiger partial charge in [-0.1, -0.05) is 0 Å². The molecule has 2 fully saturated rings. The Hall–Kier alpha value is -1.04. The Morgan fingerprint density at radius 3 is 2.48 bits per heavy atom. The number of aromatic nitrogens is 1. The Morgan fingerprint density at radius 2 is 1.81 bits per heavy atom. The fourth-order valence-electron chi connectivity index (χ4n) is 3.51. The maximum atomic E-state index is 12.3. The lowest BCUT2D eigenvalue weighted by Crippen LogP contribution is -2.45. The highest BCUT2D eigenvalue weighted by Crippen LogP contribution is 2.30. The van der Waals surface area contributed by atoms with Gasteiger partial charge in [-0.05, 0) is 37.8 Å². The van der Waals surface area contributed by atoms with Crippen LogP contribution in [0.1, 0.15) is 31.7 Å². The lowest BCUT2D eigenvalue weighted by molar-refractivity contribution is 0.00535. The van der Waals surface area contributed by atoms with Crippen LogP contribution in [0.5, 0.6) is 0 Å². The zero-order chi connectivity index (χ0) is 14.7. The molecule has 116 valence electrons. The molecule has 21 heavy (non-hydrogen) atoms. The summed E-state index contributed by atoms with van der Waals surface area (Å²) >= 11 is 5.59. The third kappa shape index (κ3) is 3.25. The third-order valence-electron chi connectivity index (χ3n) is 4.70. The van der Waals surface area contributed by atoms with Crippen molar-refractivity contribution in [2.24, 2.45) is 0 Å². The lowest BCUT2D eigenvalue weighted by Gasteiger charge is -2.39. The number of rotatable bonds is 3. The maximum absolute atomic E-state index is 12.3. The van der Waals surface area contributed by atoms with E-state index in [2.05, 4.69) is 9.74 Å². The number of hydrogen-bond donors (Lipinski definition) is 1. The number of pyridine rings is 1. The SMILES string of the molecule is O=c1c(NCl)cccn1C1CCC(N2CCOCC2)CC1. The molecule has 1 aromatic heterocycles. The van der Waals surface area contributed by atoms with Crippen LogP contribution < -0.4 is 10.4 Å². The second kappa shape index (κ2) is 6.81. The Labute approximate surface area is 129 Å². The van der Waals surface area contributed by atoms with E-state index in [0.717, 1.165) is 52.0 Å². The normalized spacial score (nSPS) is 27.5. The van der Waals surface area contributed by atoms with Gasteiger partial charge in [-0.15, -0.1) is 0 Å². The van der Waals surface area contributed by atoms with Gasteiger partial charge in [-0.25, -0.2) is 0 Å². The topological polar surface area (TPSA) is 46.5 Å². The minimum Gasteiger partial charge on any atom is -0.379 e. The van der Waals surface area contributed by atoms with Gasteiger partial charge < -0.3 is 9.30 Å². The first-order chi connectivity index (χ1) is 10.3. The van der Waals surface area contributed by atoms with Crippen molar-refractivity contribution in [1.82, 2.24) is 9.47 Å². The second-order valence-corrected chi connectivity index (χ2v) is 6.03. The van der Waals surface area contributed by atoms with Crippen LogP contribution in [0, 0.1) is 0 Å². The first-order valence-corrected chi connectivity index (χ1v) is 8.07. The molecule has 1 aliphatic carbocycles. The predicted molar refractivity (Wildman–Crippen MR) is 83.9 cm³/mol. The van der Waals surface area contributed by atoms with E-state index in [-0.39, 0.29) is 5.56 Å². The fraction of sp³-hybridized carbons (Fsp3) is 0.667. The minimum absolute atomic E-state index is 0.0256. The number of ether oxygens (including phenoxy) is 1. The van der Waals surface area contributed by atoms with Crippen molar-refractivity contribution in [3.63, 3.8) is 0 Å². The molecule has 1 saturated heterocycles. The highest BCUT2D eigenvalue weighted by Gasteiger charge is 2.28. The highest BCUT2D eigenvalue weighted by atomic mass is 35.5. The van der Waals surface area contributed by atoms with Crippen molar-refractivity contribution in [2.45, 2.75) is 37.8 Å². The molecule has 1 aromatic rings. The number of morpholine rings is 1. The molecular weight excluding hydrogens is 290 g/mol. The van der Waals surface area contributed by atoms with Crippen LogP contribution in [-0.2, 0) is 4.74 Å². The summed E-state index contributed by atoms with van der Waals surface area (Å²) in [4.78, 5) is 17.3. The number of nitrogens with zero attached hydrogens (tertiary/aromatic N) is 2. The summed E-state index contributed by atoms with van der Waals surface area (Å²) in [6.45, 7) is 3.79. The average molecular weight is 312 g/mol. The van der Waals surface area contributed by atoms with Crippen LogP contribution in [0.4, 0.5) is 5.69 Å². The van der Waals surface area contributed by atoms with Crippen molar-refractivity contribution in [2.75, 3.05) is 31.1 Å². The Kier molecular flexibility index (Phi) is 4.83. The van der Waals surface area contributed by atoms with Gasteiger partial charge in [-0.2, -0.15) is 0 Å². The van der Waals surface area contributed by atoms with Gasteiger partial charge in [0.05, 0.1) is 13.2 Å². The van der Waals surface area contributed by atoms with Crippen LogP contribution in [0.15, 0.2) is 23.1 Å². The van der Waals surface area contributed by atoms with Gasteiger partial charge >= 0.3 is 0 Å². The molecule has 1 saturated carbocycles. The molecule has 5 nitrogen and oxygen atoms in total. The summed E-state index contributed by atoms with van der Waals surface area (Å²) in [5, 5.41) is 0. The van der Waals surface area contributed by atoms with Gasteiger partial charge in [0, 0.05) is 43.1 Å². The van der Waals surface area contributed by atoms with E-state index in [0.29, 0.717) is 17.8 Å². The molecule has 1 aliphatic heterocycles. The molecule has 3 rings (SSSR count). The summed E-state index contributed by atoms with van der Waals surface area (Å²) in [5.74, 6) is 0. The first-order valence-electron chi connectivity index (χ1n) is 7.69. The Bertz CT molecular complexity index is 520. The zero-order valence-electron chi connectivity index (χ0n) is 12.1.